The van der Waals surface area contributed by atoms with E-state index in [0.29, 0.717) is 34.0 Å². The van der Waals surface area contributed by atoms with Crippen LogP contribution in [0.3, 0.4) is 0 Å². The molecular formula is C34H34ClNO3. The Kier molecular flexibility index (Phi) is 7.02. The lowest BCUT2D eigenvalue weighted by Gasteiger charge is -2.42. The second kappa shape index (κ2) is 10.2. The molecule has 4 nitrogen and oxygen atoms in total. The molecule has 0 fully saturated rings. The number of amides is 1. The van der Waals surface area contributed by atoms with Gasteiger partial charge in [-0.15, -0.1) is 0 Å². The van der Waals surface area contributed by atoms with Gasteiger partial charge >= 0.3 is 0 Å². The SMILES string of the molecule is Cc1cc2c(cc1Cc1ccc(C(=O)Nc3ccc(Cl)cc3C(=O)c3ccccc3)o1)C(C)(C)CCC2(C)C. The van der Waals surface area contributed by atoms with Crippen LogP contribution in [-0.4, -0.2) is 11.7 Å². The maximum absolute atomic E-state index is 13.1. The van der Waals surface area contributed by atoms with E-state index in [2.05, 4.69) is 52.1 Å². The van der Waals surface area contributed by atoms with Gasteiger partial charge in [-0.1, -0.05) is 81.8 Å². The number of rotatable bonds is 6. The number of furan rings is 1. The van der Waals surface area contributed by atoms with Crippen molar-refractivity contribution < 1.29 is 14.0 Å². The fourth-order valence-electron chi connectivity index (χ4n) is 5.48. The molecule has 0 unspecified atom stereocenters. The topological polar surface area (TPSA) is 59.3 Å². The highest BCUT2D eigenvalue weighted by atomic mass is 35.5. The number of anilines is 1. The molecule has 1 amide bonds. The van der Waals surface area contributed by atoms with Crippen molar-refractivity contribution in [2.45, 2.75) is 64.7 Å². The molecule has 0 saturated carbocycles. The number of hydrogen-bond donors (Lipinski definition) is 1. The summed E-state index contributed by atoms with van der Waals surface area (Å²) < 4.78 is 6.00. The van der Waals surface area contributed by atoms with Crippen LogP contribution in [0.25, 0.3) is 0 Å². The summed E-state index contributed by atoms with van der Waals surface area (Å²) >= 11 is 6.19. The first-order chi connectivity index (χ1) is 18.4. The summed E-state index contributed by atoms with van der Waals surface area (Å²) in [7, 11) is 0. The third-order valence-corrected chi connectivity index (χ3v) is 8.30. The second-order valence-electron chi connectivity index (χ2n) is 11.9. The molecule has 1 aliphatic carbocycles. The number of carbonyl (C=O) groups is 2. The highest BCUT2D eigenvalue weighted by molar-refractivity contribution is 6.31. The summed E-state index contributed by atoms with van der Waals surface area (Å²) in [4.78, 5) is 26.3. The molecule has 0 atom stereocenters. The van der Waals surface area contributed by atoms with E-state index >= 15 is 0 Å². The van der Waals surface area contributed by atoms with Gasteiger partial charge in [0.2, 0.25) is 0 Å². The Morgan fingerprint density at radius 2 is 1.54 bits per heavy atom. The first-order valence-electron chi connectivity index (χ1n) is 13.4. The van der Waals surface area contributed by atoms with Crippen LogP contribution in [0.4, 0.5) is 5.69 Å². The molecule has 0 bridgehead atoms. The number of halogens is 1. The van der Waals surface area contributed by atoms with E-state index in [9.17, 15) is 9.59 Å². The Labute approximate surface area is 235 Å². The summed E-state index contributed by atoms with van der Waals surface area (Å²) in [6.07, 6.45) is 2.93. The minimum atomic E-state index is -0.421. The number of ketones is 1. The molecule has 5 rings (SSSR count). The van der Waals surface area contributed by atoms with Gasteiger partial charge in [-0.3, -0.25) is 9.59 Å². The van der Waals surface area contributed by atoms with Gasteiger partial charge in [0.1, 0.15) is 5.76 Å². The Hall–Kier alpha value is -3.63. The van der Waals surface area contributed by atoms with Crippen molar-refractivity contribution in [1.82, 2.24) is 0 Å². The minimum absolute atomic E-state index is 0.120. The zero-order valence-electron chi connectivity index (χ0n) is 23.2. The molecule has 5 heteroatoms. The Bertz CT molecular complexity index is 1560. The molecule has 3 aromatic carbocycles. The highest BCUT2D eigenvalue weighted by Gasteiger charge is 2.37. The maximum atomic E-state index is 13.1. The molecule has 1 N–H and O–H groups in total. The van der Waals surface area contributed by atoms with Crippen LogP contribution in [0, 0.1) is 6.92 Å². The van der Waals surface area contributed by atoms with Crippen LogP contribution in [0.2, 0.25) is 5.02 Å². The Morgan fingerprint density at radius 3 is 2.23 bits per heavy atom. The zero-order chi connectivity index (χ0) is 27.9. The predicted molar refractivity (Wildman–Crippen MR) is 157 cm³/mol. The first-order valence-corrected chi connectivity index (χ1v) is 13.8. The van der Waals surface area contributed by atoms with Gasteiger partial charge in [0, 0.05) is 22.6 Å². The average molecular weight is 540 g/mol. The monoisotopic (exact) mass is 539 g/mol. The number of benzene rings is 3. The molecule has 0 aliphatic heterocycles. The quantitative estimate of drug-likeness (QED) is 0.249. The third-order valence-electron chi connectivity index (χ3n) is 8.07. The third kappa shape index (κ3) is 5.44. The molecule has 4 aromatic rings. The van der Waals surface area contributed by atoms with Gasteiger partial charge in [0.25, 0.3) is 5.91 Å². The smallest absolute Gasteiger partial charge is 0.291 e. The van der Waals surface area contributed by atoms with E-state index < -0.39 is 5.91 Å². The van der Waals surface area contributed by atoms with Crippen molar-refractivity contribution in [3.63, 3.8) is 0 Å². The lowest BCUT2D eigenvalue weighted by Crippen LogP contribution is -2.34. The Balaban J connectivity index is 1.38. The van der Waals surface area contributed by atoms with Gasteiger partial charge < -0.3 is 9.73 Å². The van der Waals surface area contributed by atoms with Crippen LogP contribution < -0.4 is 5.32 Å². The number of aryl methyl sites for hydroxylation is 1. The van der Waals surface area contributed by atoms with Gasteiger partial charge in [0.05, 0.1) is 5.69 Å². The van der Waals surface area contributed by atoms with Crippen molar-refractivity contribution >= 4 is 29.0 Å². The largest absolute Gasteiger partial charge is 0.456 e. The van der Waals surface area contributed by atoms with Crippen molar-refractivity contribution in [3.05, 3.63) is 123 Å². The van der Waals surface area contributed by atoms with Gasteiger partial charge in [0.15, 0.2) is 11.5 Å². The second-order valence-corrected chi connectivity index (χ2v) is 12.3. The Morgan fingerprint density at radius 1 is 0.872 bits per heavy atom. The lowest BCUT2D eigenvalue weighted by molar-refractivity contribution is 0.0995. The van der Waals surface area contributed by atoms with Gasteiger partial charge in [-0.2, -0.15) is 0 Å². The maximum Gasteiger partial charge on any atom is 0.291 e. The van der Waals surface area contributed by atoms with Crippen molar-refractivity contribution in [1.29, 1.82) is 0 Å². The van der Waals surface area contributed by atoms with Crippen LogP contribution >= 0.6 is 11.6 Å². The number of nitrogens with one attached hydrogen (secondary N) is 1. The first kappa shape index (κ1) is 27.0. The van der Waals surface area contributed by atoms with E-state index in [0.717, 1.165) is 6.42 Å². The summed E-state index contributed by atoms with van der Waals surface area (Å²) in [6, 6.07) is 22.0. The van der Waals surface area contributed by atoms with Gasteiger partial charge in [-0.25, -0.2) is 0 Å². The molecule has 0 saturated heterocycles. The molecule has 1 aliphatic rings. The molecule has 39 heavy (non-hydrogen) atoms. The van der Waals surface area contributed by atoms with Gasteiger partial charge in [-0.05, 0) is 83.2 Å². The summed E-state index contributed by atoms with van der Waals surface area (Å²) in [5.41, 5.74) is 6.77. The molecule has 200 valence electrons. The highest BCUT2D eigenvalue weighted by Crippen LogP contribution is 2.46. The van der Waals surface area contributed by atoms with Crippen molar-refractivity contribution in [2.24, 2.45) is 0 Å². The molecule has 1 aromatic heterocycles. The minimum Gasteiger partial charge on any atom is -0.456 e. The zero-order valence-corrected chi connectivity index (χ0v) is 23.9. The normalized spacial score (nSPS) is 15.4. The van der Waals surface area contributed by atoms with Crippen LogP contribution in [0.1, 0.15) is 95.0 Å². The number of carbonyl (C=O) groups excluding carboxylic acids is 2. The summed E-state index contributed by atoms with van der Waals surface area (Å²) in [5, 5.41) is 3.26. The predicted octanol–water partition coefficient (Wildman–Crippen LogP) is 8.66. The standard InChI is InChI=1S/C34H34ClNO3/c1-21-17-27-28(34(4,5)16-15-33(27,2)3)19-23(21)18-25-12-14-30(39-25)32(38)36-29-13-11-24(35)20-26(29)31(37)22-9-7-6-8-10-22/h6-14,17,19-20H,15-16,18H2,1-5H3,(H,36,38). The molecule has 0 spiro atoms. The summed E-state index contributed by atoms with van der Waals surface area (Å²) in [5.74, 6) is 0.265. The molecular weight excluding hydrogens is 506 g/mol. The summed E-state index contributed by atoms with van der Waals surface area (Å²) in [6.45, 7) is 11.5. The van der Waals surface area contributed by atoms with E-state index in [1.54, 1.807) is 48.5 Å². The lowest BCUT2D eigenvalue weighted by atomic mass is 9.62. The van der Waals surface area contributed by atoms with Crippen molar-refractivity contribution in [2.75, 3.05) is 5.32 Å². The van der Waals surface area contributed by atoms with E-state index in [1.807, 2.05) is 12.1 Å². The van der Waals surface area contributed by atoms with Crippen LogP contribution in [0.5, 0.6) is 0 Å². The van der Waals surface area contributed by atoms with Crippen LogP contribution in [-0.2, 0) is 17.3 Å². The van der Waals surface area contributed by atoms with E-state index in [-0.39, 0.29) is 22.4 Å². The fourth-order valence-corrected chi connectivity index (χ4v) is 5.65. The van der Waals surface area contributed by atoms with Crippen LogP contribution in [0.15, 0.2) is 77.2 Å². The molecule has 0 radical (unpaired) electrons. The number of fused-ring (bicyclic) bond motifs is 1. The molecule has 1 heterocycles. The fraction of sp³-hybridized carbons (Fsp3) is 0.294. The van der Waals surface area contributed by atoms with E-state index in [4.69, 9.17) is 16.0 Å². The van der Waals surface area contributed by atoms with E-state index in [1.165, 1.54) is 28.7 Å². The van der Waals surface area contributed by atoms with Crippen molar-refractivity contribution in [3.8, 4) is 0 Å². The number of hydrogen-bond acceptors (Lipinski definition) is 3. The average Bonchev–Trinajstić information content (AvgIpc) is 3.37.